The Morgan fingerprint density at radius 1 is 1.45 bits per heavy atom. The molecule has 0 radical (unpaired) electrons. The third kappa shape index (κ3) is 2.04. The lowest BCUT2D eigenvalue weighted by Crippen LogP contribution is -2.31. The molecule has 1 aliphatic rings. The Kier molecular flexibility index (Phi) is 3.31. The lowest BCUT2D eigenvalue weighted by atomic mass is 10.1. The number of halogens is 1. The fourth-order valence-corrected chi connectivity index (χ4v) is 4.52. The minimum atomic E-state index is -3.62. The molecule has 3 heterocycles. The maximum atomic E-state index is 12.8. The monoisotopic (exact) mass is 315 g/mol. The number of aromatic amines is 1. The average Bonchev–Trinajstić information content (AvgIpc) is 3.11. The van der Waals surface area contributed by atoms with Crippen LogP contribution in [-0.2, 0) is 17.1 Å². The summed E-state index contributed by atoms with van der Waals surface area (Å²) in [5.41, 5.74) is 0.874. The third-order valence-electron chi connectivity index (χ3n) is 3.57. The van der Waals surface area contributed by atoms with E-state index in [1.807, 2.05) is 0 Å². The number of nitrogens with zero attached hydrogens (tertiary/aromatic N) is 4. The van der Waals surface area contributed by atoms with E-state index in [1.54, 1.807) is 19.4 Å². The minimum Gasteiger partial charge on any atom is -0.308 e. The first kappa shape index (κ1) is 13.6. The van der Waals surface area contributed by atoms with Crippen molar-refractivity contribution in [1.29, 1.82) is 0 Å². The third-order valence-corrected chi connectivity index (χ3v) is 5.88. The maximum Gasteiger partial charge on any atom is 0.260 e. The van der Waals surface area contributed by atoms with Gasteiger partial charge >= 0.3 is 0 Å². The summed E-state index contributed by atoms with van der Waals surface area (Å²) in [6.45, 7) is 0.487. The summed E-state index contributed by atoms with van der Waals surface area (Å²) in [5.74, 6) is 0. The van der Waals surface area contributed by atoms with Crippen LogP contribution in [0.2, 0.25) is 5.28 Å². The van der Waals surface area contributed by atoms with Crippen LogP contribution in [0.4, 0.5) is 0 Å². The molecule has 0 spiro atoms. The Hall–Kier alpha value is -1.38. The molecule has 2 aromatic rings. The lowest BCUT2D eigenvalue weighted by Gasteiger charge is -2.23. The van der Waals surface area contributed by atoms with Crippen LogP contribution in [0, 0.1) is 0 Å². The van der Waals surface area contributed by atoms with E-state index in [0.29, 0.717) is 6.54 Å². The number of hydrogen-bond acceptors (Lipinski definition) is 4. The zero-order valence-corrected chi connectivity index (χ0v) is 12.4. The van der Waals surface area contributed by atoms with E-state index in [1.165, 1.54) is 15.1 Å². The Morgan fingerprint density at radius 3 is 2.85 bits per heavy atom. The van der Waals surface area contributed by atoms with E-state index in [2.05, 4.69) is 15.2 Å². The molecule has 1 fully saturated rings. The number of nitrogens with one attached hydrogen (secondary N) is 1. The standard InChI is InChI=1S/C11H14ClN5O2S/c1-16-10(7-13-11(16)12)20(18,19)17-4-2-3-9(17)8-5-14-15-6-8/h5-7,9H,2-4H2,1H3,(H,14,15)/t9-/m1/s1. The molecular formula is C11H14ClN5O2S. The smallest absolute Gasteiger partial charge is 0.260 e. The van der Waals surface area contributed by atoms with Crippen LogP contribution in [0.5, 0.6) is 0 Å². The summed E-state index contributed by atoms with van der Waals surface area (Å²) < 4.78 is 28.4. The molecule has 0 amide bonds. The summed E-state index contributed by atoms with van der Waals surface area (Å²) in [7, 11) is -2.03. The first-order valence-electron chi connectivity index (χ1n) is 6.19. The number of sulfonamides is 1. The molecule has 9 heteroatoms. The Bertz CT molecular complexity index is 709. The van der Waals surface area contributed by atoms with Crippen molar-refractivity contribution < 1.29 is 8.42 Å². The number of rotatable bonds is 3. The van der Waals surface area contributed by atoms with Crippen LogP contribution >= 0.6 is 11.6 Å². The quantitative estimate of drug-likeness (QED) is 0.926. The maximum absolute atomic E-state index is 12.8. The topological polar surface area (TPSA) is 83.9 Å². The van der Waals surface area contributed by atoms with Crippen LogP contribution in [0.25, 0.3) is 0 Å². The second-order valence-corrected chi connectivity index (χ2v) is 6.91. The van der Waals surface area contributed by atoms with Crippen LogP contribution in [0.3, 0.4) is 0 Å². The van der Waals surface area contributed by atoms with Gasteiger partial charge in [0.25, 0.3) is 10.0 Å². The zero-order valence-electron chi connectivity index (χ0n) is 10.8. The van der Waals surface area contributed by atoms with Crippen LogP contribution in [0.1, 0.15) is 24.4 Å². The van der Waals surface area contributed by atoms with E-state index in [9.17, 15) is 8.42 Å². The largest absolute Gasteiger partial charge is 0.308 e. The molecule has 0 aliphatic carbocycles. The van der Waals surface area contributed by atoms with Crippen molar-refractivity contribution in [3.8, 4) is 0 Å². The molecule has 20 heavy (non-hydrogen) atoms. The van der Waals surface area contributed by atoms with Gasteiger partial charge in [0.2, 0.25) is 5.28 Å². The van der Waals surface area contributed by atoms with Gasteiger partial charge in [0.05, 0.1) is 18.4 Å². The highest BCUT2D eigenvalue weighted by molar-refractivity contribution is 7.89. The molecule has 0 bridgehead atoms. The van der Waals surface area contributed by atoms with Crippen LogP contribution in [0.15, 0.2) is 23.6 Å². The number of hydrogen-bond donors (Lipinski definition) is 1. The van der Waals surface area contributed by atoms with Crippen molar-refractivity contribution in [3.63, 3.8) is 0 Å². The van der Waals surface area contributed by atoms with Crippen molar-refractivity contribution in [1.82, 2.24) is 24.1 Å². The second kappa shape index (κ2) is 4.87. The van der Waals surface area contributed by atoms with Crippen molar-refractivity contribution in [2.45, 2.75) is 23.9 Å². The van der Waals surface area contributed by atoms with E-state index in [4.69, 9.17) is 11.6 Å². The Balaban J connectivity index is 2.01. The molecule has 7 nitrogen and oxygen atoms in total. The van der Waals surface area contributed by atoms with E-state index >= 15 is 0 Å². The van der Waals surface area contributed by atoms with Gasteiger partial charge in [0.1, 0.15) is 0 Å². The van der Waals surface area contributed by atoms with Crippen molar-refractivity contribution >= 4 is 21.6 Å². The first-order valence-corrected chi connectivity index (χ1v) is 8.01. The minimum absolute atomic E-state index is 0.109. The summed E-state index contributed by atoms with van der Waals surface area (Å²) in [5, 5.41) is 6.88. The van der Waals surface area contributed by atoms with Gasteiger partial charge in [0.15, 0.2) is 5.03 Å². The van der Waals surface area contributed by atoms with Gasteiger partial charge in [-0.25, -0.2) is 13.4 Å². The predicted octanol–water partition coefficient (Wildman–Crippen LogP) is 1.32. The van der Waals surface area contributed by atoms with Gasteiger partial charge in [-0.05, 0) is 24.4 Å². The van der Waals surface area contributed by atoms with Crippen molar-refractivity contribution in [2.75, 3.05) is 6.54 Å². The molecule has 1 N–H and O–H groups in total. The SMILES string of the molecule is Cn1c(S(=O)(=O)N2CCC[C@@H]2c2cn[nH]c2)cnc1Cl. The summed E-state index contributed by atoms with van der Waals surface area (Å²) in [4.78, 5) is 3.85. The van der Waals surface area contributed by atoms with Gasteiger partial charge in [-0.15, -0.1) is 0 Å². The number of aromatic nitrogens is 4. The van der Waals surface area contributed by atoms with Gasteiger partial charge in [0, 0.05) is 25.4 Å². The first-order chi connectivity index (χ1) is 9.51. The molecule has 3 rings (SSSR count). The number of H-pyrrole nitrogens is 1. The Labute approximate surface area is 121 Å². The van der Waals surface area contributed by atoms with Crippen LogP contribution in [-0.4, -0.2) is 39.0 Å². The molecule has 108 valence electrons. The van der Waals surface area contributed by atoms with E-state index in [0.717, 1.165) is 18.4 Å². The highest BCUT2D eigenvalue weighted by atomic mass is 35.5. The zero-order chi connectivity index (χ0) is 14.3. The predicted molar refractivity (Wildman–Crippen MR) is 72.7 cm³/mol. The summed E-state index contributed by atoms with van der Waals surface area (Å²) in [6, 6.07) is -0.188. The summed E-state index contributed by atoms with van der Waals surface area (Å²) in [6.07, 6.45) is 6.29. The highest BCUT2D eigenvalue weighted by Gasteiger charge is 2.38. The van der Waals surface area contributed by atoms with Crippen LogP contribution < -0.4 is 0 Å². The normalized spacial score (nSPS) is 20.6. The average molecular weight is 316 g/mol. The van der Waals surface area contributed by atoms with Gasteiger partial charge in [-0.3, -0.25) is 5.10 Å². The van der Waals surface area contributed by atoms with Gasteiger partial charge < -0.3 is 4.57 Å². The molecule has 0 saturated carbocycles. The highest BCUT2D eigenvalue weighted by Crippen LogP contribution is 2.36. The van der Waals surface area contributed by atoms with Crippen molar-refractivity contribution in [3.05, 3.63) is 29.4 Å². The van der Waals surface area contributed by atoms with E-state index < -0.39 is 10.0 Å². The fraction of sp³-hybridized carbons (Fsp3) is 0.455. The molecule has 1 saturated heterocycles. The summed E-state index contributed by atoms with van der Waals surface area (Å²) >= 11 is 5.83. The number of imidazole rings is 1. The lowest BCUT2D eigenvalue weighted by molar-refractivity contribution is 0.393. The fourth-order valence-electron chi connectivity index (χ4n) is 2.54. The van der Waals surface area contributed by atoms with E-state index in [-0.39, 0.29) is 16.4 Å². The van der Waals surface area contributed by atoms with Gasteiger partial charge in [-0.1, -0.05) is 0 Å². The van der Waals surface area contributed by atoms with Crippen molar-refractivity contribution in [2.24, 2.45) is 7.05 Å². The Morgan fingerprint density at radius 2 is 2.25 bits per heavy atom. The molecule has 1 atom stereocenters. The molecule has 1 aliphatic heterocycles. The molecule has 2 aromatic heterocycles. The molecule has 0 aromatic carbocycles. The molecule has 0 unspecified atom stereocenters. The van der Waals surface area contributed by atoms with Gasteiger partial charge in [-0.2, -0.15) is 9.40 Å². The second-order valence-electron chi connectivity index (χ2n) is 4.73. The molecular weight excluding hydrogens is 302 g/mol.